The number of rotatable bonds is 0. The Balaban J connectivity index is 0. The molecule has 0 aromatic heterocycles. The van der Waals surface area contributed by atoms with Crippen LogP contribution in [0.15, 0.2) is 0 Å². The fourth-order valence-corrected chi connectivity index (χ4v) is 0. The average Bonchev–Trinajstić information content (AvgIpc) is 1.50. The van der Waals surface area contributed by atoms with E-state index in [9.17, 15) is 0 Å². The van der Waals surface area contributed by atoms with Gasteiger partial charge in [-0.15, -0.1) is 0 Å². The molecule has 0 aromatic carbocycles. The zero-order chi connectivity index (χ0) is 4.00. The summed E-state index contributed by atoms with van der Waals surface area (Å²) in [5, 5.41) is 0. The van der Waals surface area contributed by atoms with Gasteiger partial charge in [0.1, 0.15) is 0 Å². The van der Waals surface area contributed by atoms with Crippen molar-refractivity contribution in [1.82, 2.24) is 0 Å². The molecule has 0 atom stereocenters. The fourth-order valence-electron chi connectivity index (χ4n) is 0. The molecule has 0 unspecified atom stereocenters. The minimum absolute atomic E-state index is 0.500. The van der Waals surface area contributed by atoms with Crippen molar-refractivity contribution in [3.8, 4) is 0 Å². The second-order valence-electron chi connectivity index (χ2n) is 0. The zero-order valence-electron chi connectivity index (χ0n) is 1.97. The SMILES string of the molecule is [O]=[AlH].[O]=[Nb]. The molecule has 4 heavy (non-hydrogen) atoms. The van der Waals surface area contributed by atoms with Gasteiger partial charge in [0.25, 0.3) is 0 Å². The monoisotopic (exact) mass is 153 g/mol. The van der Waals surface area contributed by atoms with Crippen LogP contribution in [0.4, 0.5) is 0 Å². The van der Waals surface area contributed by atoms with Crippen LogP contribution in [0.2, 0.25) is 0 Å². The standard InChI is InChI=1S/Al.Nb.2O.H. The molecule has 0 amide bonds. The Morgan fingerprint density at radius 3 is 1.25 bits per heavy atom. The molecule has 2 nitrogen and oxygen atoms in total. The van der Waals surface area contributed by atoms with Gasteiger partial charge in [0.15, 0.2) is 0 Å². The molecule has 0 aliphatic heterocycles. The zero-order valence-corrected chi connectivity index (χ0v) is 5.58. The second-order valence-corrected chi connectivity index (χ2v) is 0. The van der Waals surface area contributed by atoms with Crippen molar-refractivity contribution in [3.05, 3.63) is 0 Å². The molecule has 0 bridgehead atoms. The van der Waals surface area contributed by atoms with E-state index in [1.54, 1.807) is 0 Å². The van der Waals surface area contributed by atoms with Gasteiger partial charge in [-0.05, 0) is 0 Å². The van der Waals surface area contributed by atoms with E-state index in [0.29, 0.717) is 37.3 Å². The van der Waals surface area contributed by atoms with Crippen LogP contribution >= 0.6 is 0 Å². The molecule has 0 aliphatic carbocycles. The molecule has 0 spiro atoms. The molecular weight excluding hydrogens is 152 g/mol. The summed E-state index contributed by atoms with van der Waals surface area (Å²) >= 11 is 1.11. The van der Waals surface area contributed by atoms with Crippen molar-refractivity contribution in [3.63, 3.8) is 0 Å². The molecule has 0 fully saturated rings. The van der Waals surface area contributed by atoms with Gasteiger partial charge in [0, 0.05) is 0 Å². The Morgan fingerprint density at radius 2 is 1.25 bits per heavy atom. The molecular formula is HAlNbO2. The molecule has 0 aromatic rings. The summed E-state index contributed by atoms with van der Waals surface area (Å²) < 4.78 is 16.6. The van der Waals surface area contributed by atoms with E-state index in [4.69, 9.17) is 7.05 Å². The van der Waals surface area contributed by atoms with E-state index in [2.05, 4.69) is 0 Å². The Labute approximate surface area is 44.5 Å². The molecule has 0 saturated heterocycles. The first kappa shape index (κ1) is 8.86. The van der Waals surface area contributed by atoms with Crippen LogP contribution in [0.3, 0.4) is 0 Å². The van der Waals surface area contributed by atoms with Gasteiger partial charge in [0.05, 0.1) is 0 Å². The van der Waals surface area contributed by atoms with E-state index in [1.165, 1.54) is 0 Å². The van der Waals surface area contributed by atoms with Crippen LogP contribution in [0.5, 0.6) is 0 Å². The molecule has 21 valence electrons. The quantitative estimate of drug-likeness (QED) is 0.423. The molecule has 0 aliphatic rings. The minimum atomic E-state index is 0.500. The summed E-state index contributed by atoms with van der Waals surface area (Å²) in [6.07, 6.45) is 0. The van der Waals surface area contributed by atoms with Crippen LogP contribution in [0, 0.1) is 0 Å². The van der Waals surface area contributed by atoms with Gasteiger partial charge in [-0.1, -0.05) is 0 Å². The van der Waals surface area contributed by atoms with E-state index in [-0.39, 0.29) is 0 Å². The Bertz CT molecular complexity index is 8.00. The van der Waals surface area contributed by atoms with Gasteiger partial charge < -0.3 is 0 Å². The predicted molar refractivity (Wildman–Crippen MR) is 8.52 cm³/mol. The van der Waals surface area contributed by atoms with Gasteiger partial charge in [0.2, 0.25) is 0 Å². The molecule has 0 rings (SSSR count). The second kappa shape index (κ2) is 42.0. The summed E-state index contributed by atoms with van der Waals surface area (Å²) in [5.41, 5.74) is 0. The first-order chi connectivity index (χ1) is 2.00. The van der Waals surface area contributed by atoms with Gasteiger partial charge in [-0.2, -0.15) is 0 Å². The van der Waals surface area contributed by atoms with E-state index >= 15 is 0 Å². The molecule has 4 heteroatoms. The molecule has 0 heterocycles. The summed E-state index contributed by atoms with van der Waals surface area (Å²) in [6, 6.07) is 0. The van der Waals surface area contributed by atoms with Crippen LogP contribution in [-0.4, -0.2) is 16.2 Å². The van der Waals surface area contributed by atoms with Crippen molar-refractivity contribution in [2.75, 3.05) is 0 Å². The topological polar surface area (TPSA) is 34.1 Å². The Hall–Kier alpha value is 0.873. The van der Waals surface area contributed by atoms with Crippen LogP contribution < -0.4 is 0 Å². The summed E-state index contributed by atoms with van der Waals surface area (Å²) in [6.45, 7) is 0. The van der Waals surface area contributed by atoms with Crippen molar-refractivity contribution >= 4 is 16.2 Å². The first-order valence-corrected chi connectivity index (χ1v) is 1.95. The molecule has 0 radical (unpaired) electrons. The van der Waals surface area contributed by atoms with Gasteiger partial charge in [-0.3, -0.25) is 0 Å². The maximum atomic E-state index is 8.30. The van der Waals surface area contributed by atoms with Crippen LogP contribution in [0.25, 0.3) is 0 Å². The summed E-state index contributed by atoms with van der Waals surface area (Å²) in [4.78, 5) is 0. The number of hydrogen-bond donors (Lipinski definition) is 0. The molecule has 0 saturated carbocycles. The molecule has 0 N–H and O–H groups in total. The van der Waals surface area contributed by atoms with Crippen molar-refractivity contribution < 1.29 is 28.1 Å². The average molecular weight is 153 g/mol. The van der Waals surface area contributed by atoms with Crippen LogP contribution in [0.1, 0.15) is 0 Å². The first-order valence-electron chi connectivity index (χ1n) is 0.471. The Kier molecular flexibility index (Phi) is 92.9. The van der Waals surface area contributed by atoms with Crippen molar-refractivity contribution in [2.24, 2.45) is 0 Å². The third kappa shape index (κ3) is 13.2. The van der Waals surface area contributed by atoms with Gasteiger partial charge >= 0.3 is 44.3 Å². The van der Waals surface area contributed by atoms with Gasteiger partial charge in [-0.25, -0.2) is 0 Å². The number of hydrogen-bond acceptors (Lipinski definition) is 2. The van der Waals surface area contributed by atoms with Crippen molar-refractivity contribution in [1.29, 1.82) is 0 Å². The van der Waals surface area contributed by atoms with Crippen LogP contribution in [-0.2, 0) is 28.1 Å². The summed E-state index contributed by atoms with van der Waals surface area (Å²) in [5.74, 6) is 0. The third-order valence-electron chi connectivity index (χ3n) is 0. The van der Waals surface area contributed by atoms with E-state index < -0.39 is 0 Å². The maximum absolute atomic E-state index is 8.30. The van der Waals surface area contributed by atoms with Crippen molar-refractivity contribution in [2.45, 2.75) is 0 Å². The normalized spacial score (nSPS) is 1.50. The predicted octanol–water partition coefficient (Wildman–Crippen LogP) is -0.889. The summed E-state index contributed by atoms with van der Waals surface area (Å²) in [7, 11) is 0. The van der Waals surface area contributed by atoms with E-state index in [0.717, 1.165) is 0 Å². The third-order valence-corrected chi connectivity index (χ3v) is 0. The van der Waals surface area contributed by atoms with E-state index in [1.807, 2.05) is 0 Å². The Morgan fingerprint density at radius 1 is 1.25 bits per heavy atom. The fraction of sp³-hybridized carbons (Fsp3) is 0.